The number of nitrogens with one attached hydrogen (secondary N) is 1. The molecule has 3 rings (SSSR count). The standard InChI is InChI=1S/C16H21ClN2O4/c1-16(2,3)23-15(20)19-7-11(8-19)18-6-10-4-12(17)14-13(5-10)21-9-22-14/h4-5,11,18H,6-9H2,1-3H3. The van der Waals surface area contributed by atoms with Gasteiger partial charge in [0.1, 0.15) is 5.60 Å². The van der Waals surface area contributed by atoms with Crippen LogP contribution in [0.2, 0.25) is 5.02 Å². The Morgan fingerprint density at radius 2 is 2.13 bits per heavy atom. The van der Waals surface area contributed by atoms with E-state index in [9.17, 15) is 4.79 Å². The fourth-order valence-electron chi connectivity index (χ4n) is 2.47. The SMILES string of the molecule is CC(C)(C)OC(=O)N1CC(NCc2cc(Cl)c3c(c2)OCO3)C1. The third kappa shape index (κ3) is 3.82. The first-order chi connectivity index (χ1) is 10.8. The van der Waals surface area contributed by atoms with Crippen LogP contribution in [0.15, 0.2) is 12.1 Å². The average molecular weight is 341 g/mol. The van der Waals surface area contributed by atoms with E-state index in [0.29, 0.717) is 36.2 Å². The molecule has 0 saturated carbocycles. The molecule has 1 aromatic carbocycles. The normalized spacial score (nSPS) is 17.1. The van der Waals surface area contributed by atoms with Gasteiger partial charge < -0.3 is 24.4 Å². The monoisotopic (exact) mass is 340 g/mol. The molecule has 1 aromatic rings. The molecule has 0 unspecified atom stereocenters. The number of rotatable bonds is 3. The molecule has 0 aromatic heterocycles. The fourth-order valence-corrected chi connectivity index (χ4v) is 2.76. The number of fused-ring (bicyclic) bond motifs is 1. The second-order valence-corrected chi connectivity index (χ2v) is 7.18. The van der Waals surface area contributed by atoms with Crippen molar-refractivity contribution in [2.24, 2.45) is 0 Å². The Labute approximate surface area is 140 Å². The van der Waals surface area contributed by atoms with E-state index in [4.69, 9.17) is 25.8 Å². The van der Waals surface area contributed by atoms with Crippen LogP contribution < -0.4 is 14.8 Å². The maximum atomic E-state index is 11.9. The lowest BCUT2D eigenvalue weighted by atomic mass is 10.1. The van der Waals surface area contributed by atoms with Crippen molar-refractivity contribution in [3.8, 4) is 11.5 Å². The van der Waals surface area contributed by atoms with Gasteiger partial charge in [-0.3, -0.25) is 0 Å². The number of carbonyl (C=O) groups is 1. The van der Waals surface area contributed by atoms with Gasteiger partial charge in [-0.05, 0) is 38.5 Å². The molecule has 1 fully saturated rings. The summed E-state index contributed by atoms with van der Waals surface area (Å²) in [4.78, 5) is 13.6. The summed E-state index contributed by atoms with van der Waals surface area (Å²) in [6, 6.07) is 4.05. The van der Waals surface area contributed by atoms with Gasteiger partial charge in [0.05, 0.1) is 5.02 Å². The zero-order chi connectivity index (χ0) is 16.6. The van der Waals surface area contributed by atoms with Crippen LogP contribution in [0.1, 0.15) is 26.3 Å². The van der Waals surface area contributed by atoms with Crippen LogP contribution in [-0.2, 0) is 11.3 Å². The van der Waals surface area contributed by atoms with Gasteiger partial charge in [-0.25, -0.2) is 4.79 Å². The highest BCUT2D eigenvalue weighted by atomic mass is 35.5. The summed E-state index contributed by atoms with van der Waals surface area (Å²) in [6.45, 7) is 7.75. The average Bonchev–Trinajstić information content (AvgIpc) is 2.83. The summed E-state index contributed by atoms with van der Waals surface area (Å²) in [5.74, 6) is 1.29. The second-order valence-electron chi connectivity index (χ2n) is 6.77. The number of carbonyl (C=O) groups excluding carboxylic acids is 1. The molecule has 23 heavy (non-hydrogen) atoms. The number of likely N-dealkylation sites (tertiary alicyclic amines) is 1. The van der Waals surface area contributed by atoms with Gasteiger partial charge in [-0.2, -0.15) is 0 Å². The minimum atomic E-state index is -0.459. The Morgan fingerprint density at radius 3 is 2.83 bits per heavy atom. The second kappa shape index (κ2) is 6.09. The third-order valence-corrected chi connectivity index (χ3v) is 3.90. The van der Waals surface area contributed by atoms with Crippen molar-refractivity contribution in [1.29, 1.82) is 0 Å². The fraction of sp³-hybridized carbons (Fsp3) is 0.562. The van der Waals surface area contributed by atoms with E-state index in [1.807, 2.05) is 32.9 Å². The first kappa shape index (κ1) is 16.2. The lowest BCUT2D eigenvalue weighted by molar-refractivity contribution is 0.00519. The highest BCUT2D eigenvalue weighted by Gasteiger charge is 2.33. The number of hydrogen-bond acceptors (Lipinski definition) is 5. The van der Waals surface area contributed by atoms with Crippen molar-refractivity contribution in [2.75, 3.05) is 19.9 Å². The van der Waals surface area contributed by atoms with E-state index in [1.165, 1.54) is 0 Å². The van der Waals surface area contributed by atoms with Gasteiger partial charge in [0.15, 0.2) is 11.5 Å². The van der Waals surface area contributed by atoms with Crippen LogP contribution in [0.5, 0.6) is 11.5 Å². The van der Waals surface area contributed by atoms with E-state index in [1.54, 1.807) is 4.90 Å². The Bertz CT molecular complexity index is 609. The van der Waals surface area contributed by atoms with E-state index >= 15 is 0 Å². The van der Waals surface area contributed by atoms with Crippen molar-refractivity contribution in [1.82, 2.24) is 10.2 Å². The number of halogens is 1. The van der Waals surface area contributed by atoms with E-state index < -0.39 is 5.60 Å². The summed E-state index contributed by atoms with van der Waals surface area (Å²) >= 11 is 6.16. The topological polar surface area (TPSA) is 60.0 Å². The molecule has 2 aliphatic heterocycles. The maximum Gasteiger partial charge on any atom is 0.410 e. The van der Waals surface area contributed by atoms with Crippen molar-refractivity contribution in [3.05, 3.63) is 22.7 Å². The molecule has 2 aliphatic rings. The zero-order valence-electron chi connectivity index (χ0n) is 13.5. The molecule has 7 heteroatoms. The highest BCUT2D eigenvalue weighted by Crippen LogP contribution is 2.39. The Hall–Kier alpha value is -1.66. The van der Waals surface area contributed by atoms with Gasteiger partial charge in [0.25, 0.3) is 0 Å². The number of hydrogen-bond donors (Lipinski definition) is 1. The van der Waals surface area contributed by atoms with E-state index in [2.05, 4.69) is 5.32 Å². The number of amides is 1. The molecule has 0 bridgehead atoms. The van der Waals surface area contributed by atoms with Crippen molar-refractivity contribution in [3.63, 3.8) is 0 Å². The molecular weight excluding hydrogens is 320 g/mol. The molecule has 126 valence electrons. The van der Waals surface area contributed by atoms with E-state index in [0.717, 1.165) is 5.56 Å². The van der Waals surface area contributed by atoms with Crippen LogP contribution in [0, 0.1) is 0 Å². The van der Waals surface area contributed by atoms with Crippen molar-refractivity contribution in [2.45, 2.75) is 39.0 Å². The number of benzene rings is 1. The van der Waals surface area contributed by atoms with Crippen LogP contribution in [0.4, 0.5) is 4.79 Å². The Kier molecular flexibility index (Phi) is 4.29. The lowest BCUT2D eigenvalue weighted by Crippen LogP contribution is -2.60. The quantitative estimate of drug-likeness (QED) is 0.916. The lowest BCUT2D eigenvalue weighted by Gasteiger charge is -2.40. The van der Waals surface area contributed by atoms with Crippen molar-refractivity contribution >= 4 is 17.7 Å². The first-order valence-corrected chi connectivity index (χ1v) is 7.99. The zero-order valence-corrected chi connectivity index (χ0v) is 14.3. The van der Waals surface area contributed by atoms with Gasteiger partial charge in [0.2, 0.25) is 6.79 Å². The maximum absolute atomic E-state index is 11.9. The van der Waals surface area contributed by atoms with Crippen molar-refractivity contribution < 1.29 is 19.0 Å². The summed E-state index contributed by atoms with van der Waals surface area (Å²) in [6.07, 6.45) is -0.262. The van der Waals surface area contributed by atoms with Crippen LogP contribution in [-0.4, -0.2) is 42.5 Å². The Morgan fingerprint density at radius 1 is 1.39 bits per heavy atom. The smallest absolute Gasteiger partial charge is 0.410 e. The molecule has 0 spiro atoms. The molecule has 0 radical (unpaired) electrons. The van der Waals surface area contributed by atoms with E-state index in [-0.39, 0.29) is 18.9 Å². The third-order valence-electron chi connectivity index (χ3n) is 3.62. The molecular formula is C16H21ClN2O4. The van der Waals surface area contributed by atoms with Gasteiger partial charge in [0, 0.05) is 25.7 Å². The summed E-state index contributed by atoms with van der Waals surface area (Å²) in [7, 11) is 0. The molecule has 1 N–H and O–H groups in total. The Balaban J connectivity index is 1.46. The van der Waals surface area contributed by atoms with Crippen LogP contribution >= 0.6 is 11.6 Å². The highest BCUT2D eigenvalue weighted by molar-refractivity contribution is 6.32. The molecule has 0 atom stereocenters. The van der Waals surface area contributed by atoms with Crippen LogP contribution in [0.25, 0.3) is 0 Å². The minimum absolute atomic E-state index is 0.208. The largest absolute Gasteiger partial charge is 0.454 e. The van der Waals surface area contributed by atoms with Gasteiger partial charge in [-0.15, -0.1) is 0 Å². The first-order valence-electron chi connectivity index (χ1n) is 7.61. The summed E-state index contributed by atoms with van der Waals surface area (Å²) < 4.78 is 16.0. The predicted octanol–water partition coefficient (Wildman–Crippen LogP) is 2.78. The summed E-state index contributed by atoms with van der Waals surface area (Å²) in [5, 5.41) is 3.95. The van der Waals surface area contributed by atoms with Crippen LogP contribution in [0.3, 0.4) is 0 Å². The molecule has 1 saturated heterocycles. The number of ether oxygens (including phenoxy) is 3. The minimum Gasteiger partial charge on any atom is -0.454 e. The summed E-state index contributed by atoms with van der Waals surface area (Å²) in [5.41, 5.74) is 0.564. The molecule has 6 nitrogen and oxygen atoms in total. The van der Waals surface area contributed by atoms with Gasteiger partial charge >= 0.3 is 6.09 Å². The molecule has 1 amide bonds. The van der Waals surface area contributed by atoms with Gasteiger partial charge in [-0.1, -0.05) is 11.6 Å². The number of nitrogens with zero attached hydrogens (tertiary/aromatic N) is 1. The molecule has 2 heterocycles. The molecule has 0 aliphatic carbocycles. The predicted molar refractivity (Wildman–Crippen MR) is 86.0 cm³/mol.